The molecule has 0 atom stereocenters. The van der Waals surface area contributed by atoms with Crippen molar-refractivity contribution in [2.45, 2.75) is 6.42 Å². The molecule has 3 N–H and O–H groups in total. The van der Waals surface area contributed by atoms with Crippen molar-refractivity contribution < 1.29 is 33.3 Å². The van der Waals surface area contributed by atoms with Gasteiger partial charge < -0.3 is 29.0 Å². The molecule has 0 aliphatic carbocycles. The number of hydrogen-bond acceptors (Lipinski definition) is 9. The maximum atomic E-state index is 12.6. The highest BCUT2D eigenvalue weighted by molar-refractivity contribution is 5.97. The van der Waals surface area contributed by atoms with E-state index in [1.807, 2.05) is 18.2 Å². The fourth-order valence-corrected chi connectivity index (χ4v) is 4.11. The molecule has 0 saturated heterocycles. The highest BCUT2D eigenvalue weighted by atomic mass is 16.5. The predicted octanol–water partition coefficient (Wildman–Crippen LogP) is 4.03. The smallest absolute Gasteiger partial charge is 0.269 e. The van der Waals surface area contributed by atoms with Crippen LogP contribution in [-0.4, -0.2) is 52.3 Å². The lowest BCUT2D eigenvalue weighted by atomic mass is 10.1. The molecule has 0 aliphatic heterocycles. The molecule has 0 unspecified atom stereocenters. The molecule has 1 heterocycles. The van der Waals surface area contributed by atoms with Crippen molar-refractivity contribution >= 4 is 34.1 Å². The van der Waals surface area contributed by atoms with E-state index in [0.29, 0.717) is 39.9 Å². The molecule has 208 valence electrons. The van der Waals surface area contributed by atoms with Gasteiger partial charge in [-0.05, 0) is 54.1 Å². The van der Waals surface area contributed by atoms with Crippen molar-refractivity contribution in [3.8, 4) is 28.7 Å². The Kier molecular flexibility index (Phi) is 8.75. The van der Waals surface area contributed by atoms with Crippen LogP contribution in [0.4, 0.5) is 11.4 Å². The van der Waals surface area contributed by atoms with Crippen molar-refractivity contribution in [3.63, 3.8) is 0 Å². The molecule has 4 rings (SSSR count). The second kappa shape index (κ2) is 12.6. The van der Waals surface area contributed by atoms with Crippen molar-refractivity contribution in [2.24, 2.45) is 0 Å². The molecular weight excluding hydrogens is 516 g/mol. The van der Waals surface area contributed by atoms with Crippen LogP contribution in [0.5, 0.6) is 28.7 Å². The molecule has 3 aromatic carbocycles. The third kappa shape index (κ3) is 6.09. The molecule has 11 nitrogen and oxygen atoms in total. The van der Waals surface area contributed by atoms with Crippen molar-refractivity contribution in [2.75, 3.05) is 40.9 Å². The van der Waals surface area contributed by atoms with E-state index in [1.165, 1.54) is 21.3 Å². The minimum absolute atomic E-state index is 0.0175. The number of benzene rings is 3. The van der Waals surface area contributed by atoms with Gasteiger partial charge in [-0.1, -0.05) is 0 Å². The van der Waals surface area contributed by atoms with E-state index < -0.39 is 11.8 Å². The van der Waals surface area contributed by atoms with Crippen molar-refractivity contribution in [3.05, 3.63) is 71.9 Å². The number of nitrogens with one attached hydrogen (secondary N) is 3. The van der Waals surface area contributed by atoms with Crippen LogP contribution in [0.3, 0.4) is 0 Å². The number of anilines is 2. The number of ether oxygens (including phenoxy) is 5. The average Bonchev–Trinajstić information content (AvgIpc) is 2.99. The third-order valence-electron chi connectivity index (χ3n) is 6.08. The van der Waals surface area contributed by atoms with Crippen LogP contribution in [-0.2, 0) is 11.2 Å². The zero-order valence-electron chi connectivity index (χ0n) is 22.8. The molecule has 0 saturated carbocycles. The van der Waals surface area contributed by atoms with Crippen LogP contribution < -0.4 is 39.9 Å². The van der Waals surface area contributed by atoms with Crippen LogP contribution in [0.15, 0.2) is 60.8 Å². The quantitative estimate of drug-likeness (QED) is 0.253. The third-order valence-corrected chi connectivity index (χ3v) is 6.08. The number of carbonyl (C=O) groups is 2. The van der Waals surface area contributed by atoms with E-state index in [1.54, 1.807) is 56.8 Å². The Morgan fingerprint density at radius 3 is 1.95 bits per heavy atom. The number of nitrogens with zero attached hydrogens (tertiary/aromatic N) is 1. The monoisotopic (exact) mass is 546 g/mol. The fourth-order valence-electron chi connectivity index (χ4n) is 4.11. The number of aromatic nitrogens is 1. The number of carbonyl (C=O) groups excluding carboxylic acids is 2. The molecule has 2 amide bonds. The number of methoxy groups -OCH3 is 5. The summed E-state index contributed by atoms with van der Waals surface area (Å²) in [5.41, 5.74) is 8.15. The number of hydrazine groups is 1. The van der Waals surface area contributed by atoms with Crippen molar-refractivity contribution in [1.29, 1.82) is 0 Å². The molecular formula is C29H30N4O7. The number of fused-ring (bicyclic) bond motifs is 1. The molecule has 0 aliphatic rings. The highest BCUT2D eigenvalue weighted by Crippen LogP contribution is 2.38. The Balaban J connectivity index is 1.39. The van der Waals surface area contributed by atoms with Gasteiger partial charge in [-0.3, -0.25) is 25.4 Å². The zero-order chi connectivity index (χ0) is 28.6. The SMILES string of the molecule is COc1cc2nccc(Nc3ccc(C(=O)NNC(=O)Cc4cc(OC)c(OC)c(OC)c4)cc3)c2cc1OC. The van der Waals surface area contributed by atoms with Gasteiger partial charge in [-0.25, -0.2) is 0 Å². The average molecular weight is 547 g/mol. The molecule has 0 fully saturated rings. The minimum atomic E-state index is -0.462. The number of rotatable bonds is 10. The summed E-state index contributed by atoms with van der Waals surface area (Å²) in [6, 6.07) is 15.7. The van der Waals surface area contributed by atoms with Gasteiger partial charge in [0, 0.05) is 34.6 Å². The fraction of sp³-hybridized carbons (Fsp3) is 0.207. The summed E-state index contributed by atoms with van der Waals surface area (Å²) in [5, 5.41) is 4.18. The standard InChI is InChI=1S/C29H30N4O7/c1-36-23-15-20-21(10-11-30-22(20)16-24(23)37-2)31-19-8-6-18(7-9-19)29(35)33-32-27(34)14-17-12-25(38-3)28(40-5)26(13-17)39-4/h6-13,15-16H,14H2,1-5H3,(H,30,31)(H,32,34)(H,33,35). The molecule has 1 aromatic heterocycles. The van der Waals surface area contributed by atoms with Crippen LogP contribution in [0, 0.1) is 0 Å². The number of pyridine rings is 1. The Morgan fingerprint density at radius 2 is 1.35 bits per heavy atom. The van der Waals surface area contributed by atoms with E-state index in [4.69, 9.17) is 23.7 Å². The van der Waals surface area contributed by atoms with E-state index >= 15 is 0 Å². The summed E-state index contributed by atoms with van der Waals surface area (Å²) in [4.78, 5) is 29.5. The highest BCUT2D eigenvalue weighted by Gasteiger charge is 2.16. The molecule has 0 radical (unpaired) electrons. The van der Waals surface area contributed by atoms with Crippen molar-refractivity contribution in [1.82, 2.24) is 15.8 Å². The first-order valence-corrected chi connectivity index (χ1v) is 12.2. The minimum Gasteiger partial charge on any atom is -0.493 e. The first-order chi connectivity index (χ1) is 19.4. The maximum absolute atomic E-state index is 12.6. The van der Waals surface area contributed by atoms with Crippen LogP contribution in [0.25, 0.3) is 10.9 Å². The van der Waals surface area contributed by atoms with Gasteiger partial charge >= 0.3 is 0 Å². The summed E-state index contributed by atoms with van der Waals surface area (Å²) in [7, 11) is 7.64. The summed E-state index contributed by atoms with van der Waals surface area (Å²) in [5.74, 6) is 1.59. The molecule has 0 bridgehead atoms. The first kappa shape index (κ1) is 27.8. The Labute approximate surface area is 231 Å². The van der Waals surface area contributed by atoms with Crippen LogP contribution in [0.1, 0.15) is 15.9 Å². The Morgan fingerprint density at radius 1 is 0.725 bits per heavy atom. The molecule has 40 heavy (non-hydrogen) atoms. The van der Waals surface area contributed by atoms with Gasteiger partial charge in [0.15, 0.2) is 23.0 Å². The zero-order valence-corrected chi connectivity index (χ0v) is 22.8. The van der Waals surface area contributed by atoms with Crippen LogP contribution >= 0.6 is 0 Å². The van der Waals surface area contributed by atoms with E-state index in [2.05, 4.69) is 21.2 Å². The largest absolute Gasteiger partial charge is 0.493 e. The Hall–Kier alpha value is -5.19. The normalized spacial score (nSPS) is 10.4. The van der Waals surface area contributed by atoms with E-state index in [-0.39, 0.29) is 6.42 Å². The van der Waals surface area contributed by atoms with Gasteiger partial charge in [0.1, 0.15) is 0 Å². The molecule has 0 spiro atoms. The van der Waals surface area contributed by atoms with Gasteiger partial charge in [0.05, 0.1) is 47.5 Å². The maximum Gasteiger partial charge on any atom is 0.269 e. The van der Waals surface area contributed by atoms with Gasteiger partial charge in [-0.15, -0.1) is 0 Å². The lowest BCUT2D eigenvalue weighted by Gasteiger charge is -2.14. The van der Waals surface area contributed by atoms with E-state index in [9.17, 15) is 9.59 Å². The number of amides is 2. The van der Waals surface area contributed by atoms with Gasteiger partial charge in [0.2, 0.25) is 11.7 Å². The Bertz CT molecular complexity index is 1500. The van der Waals surface area contributed by atoms with E-state index in [0.717, 1.165) is 22.3 Å². The van der Waals surface area contributed by atoms with Gasteiger partial charge in [-0.2, -0.15) is 0 Å². The summed E-state index contributed by atoms with van der Waals surface area (Å²) in [6.45, 7) is 0. The predicted molar refractivity (Wildman–Crippen MR) is 150 cm³/mol. The molecule has 11 heteroatoms. The van der Waals surface area contributed by atoms with Crippen LogP contribution in [0.2, 0.25) is 0 Å². The molecule has 4 aromatic rings. The first-order valence-electron chi connectivity index (χ1n) is 12.2. The second-order valence-corrected chi connectivity index (χ2v) is 8.50. The summed E-state index contributed by atoms with van der Waals surface area (Å²) >= 11 is 0. The number of hydrogen-bond donors (Lipinski definition) is 3. The summed E-state index contributed by atoms with van der Waals surface area (Å²) in [6.07, 6.45) is 1.68. The lowest BCUT2D eigenvalue weighted by molar-refractivity contribution is -0.121. The summed E-state index contributed by atoms with van der Waals surface area (Å²) < 4.78 is 26.7. The second-order valence-electron chi connectivity index (χ2n) is 8.50. The lowest BCUT2D eigenvalue weighted by Crippen LogP contribution is -2.42. The van der Waals surface area contributed by atoms with Gasteiger partial charge in [0.25, 0.3) is 5.91 Å². The topological polar surface area (TPSA) is 129 Å².